The molecule has 0 aliphatic carbocycles. The highest BCUT2D eigenvalue weighted by molar-refractivity contribution is 5.90. The maximum absolute atomic E-state index is 12.2. The summed E-state index contributed by atoms with van der Waals surface area (Å²) in [5.41, 5.74) is 1.67. The summed E-state index contributed by atoms with van der Waals surface area (Å²) in [6.45, 7) is 2.28. The van der Waals surface area contributed by atoms with Crippen molar-refractivity contribution in [3.05, 3.63) is 29.8 Å². The first-order valence-electron chi connectivity index (χ1n) is 6.40. The molecular formula is C14H18N2O4. The van der Waals surface area contributed by atoms with E-state index in [9.17, 15) is 9.59 Å². The number of likely N-dealkylation sites (N-methyl/N-ethyl adjacent to an activating group) is 1. The zero-order chi connectivity index (χ0) is 14.7. The van der Waals surface area contributed by atoms with Crippen molar-refractivity contribution in [2.75, 3.05) is 25.6 Å². The van der Waals surface area contributed by atoms with Gasteiger partial charge in [-0.25, -0.2) is 4.79 Å². The van der Waals surface area contributed by atoms with Crippen molar-refractivity contribution in [3.63, 3.8) is 0 Å². The van der Waals surface area contributed by atoms with Crippen molar-refractivity contribution in [2.45, 2.75) is 13.0 Å². The standard InChI is InChI=1S/C14H18N2O4/c1-9-5-3-4-6-11(9)15-14(19)16(2)12-8-20-7-10(12)13(17)18/h3-6,10,12H,7-8H2,1-2H3,(H,15,19)(H,17,18). The number of carbonyl (C=O) groups is 2. The topological polar surface area (TPSA) is 78.9 Å². The molecule has 108 valence electrons. The second-order valence-electron chi connectivity index (χ2n) is 4.91. The van der Waals surface area contributed by atoms with Gasteiger partial charge in [0.15, 0.2) is 0 Å². The van der Waals surface area contributed by atoms with Crippen molar-refractivity contribution in [3.8, 4) is 0 Å². The molecule has 1 saturated heterocycles. The first-order valence-corrected chi connectivity index (χ1v) is 6.40. The predicted molar refractivity (Wildman–Crippen MR) is 73.7 cm³/mol. The third-order valence-electron chi connectivity index (χ3n) is 3.57. The van der Waals surface area contributed by atoms with E-state index in [0.717, 1.165) is 11.3 Å². The van der Waals surface area contributed by atoms with E-state index in [1.54, 1.807) is 13.1 Å². The number of para-hydroxylation sites is 1. The Morgan fingerprint density at radius 1 is 1.35 bits per heavy atom. The van der Waals surface area contributed by atoms with Crippen molar-refractivity contribution in [2.24, 2.45) is 5.92 Å². The Kier molecular flexibility index (Phi) is 4.24. The van der Waals surface area contributed by atoms with Crippen LogP contribution < -0.4 is 5.32 Å². The number of urea groups is 1. The molecule has 1 aromatic rings. The number of carboxylic acid groups (broad SMARTS) is 1. The average Bonchev–Trinajstić information content (AvgIpc) is 2.89. The minimum atomic E-state index is -0.942. The summed E-state index contributed by atoms with van der Waals surface area (Å²) in [6.07, 6.45) is 0. The van der Waals surface area contributed by atoms with Crippen LogP contribution in [0.15, 0.2) is 24.3 Å². The molecule has 2 atom stereocenters. The van der Waals surface area contributed by atoms with Gasteiger partial charge >= 0.3 is 12.0 Å². The van der Waals surface area contributed by atoms with Crippen molar-refractivity contribution in [1.29, 1.82) is 0 Å². The Balaban J connectivity index is 2.05. The average molecular weight is 278 g/mol. The highest BCUT2D eigenvalue weighted by Crippen LogP contribution is 2.20. The molecule has 6 nitrogen and oxygen atoms in total. The van der Waals surface area contributed by atoms with E-state index < -0.39 is 17.9 Å². The van der Waals surface area contributed by atoms with Crippen LogP contribution >= 0.6 is 0 Å². The van der Waals surface area contributed by atoms with Crippen LogP contribution in [-0.2, 0) is 9.53 Å². The molecule has 0 saturated carbocycles. The van der Waals surface area contributed by atoms with Crippen LogP contribution in [0, 0.1) is 12.8 Å². The van der Waals surface area contributed by atoms with Crippen LogP contribution in [0.25, 0.3) is 0 Å². The lowest BCUT2D eigenvalue weighted by molar-refractivity contribution is -0.142. The summed E-state index contributed by atoms with van der Waals surface area (Å²) in [7, 11) is 1.59. The molecule has 0 bridgehead atoms. The van der Waals surface area contributed by atoms with E-state index in [-0.39, 0.29) is 19.2 Å². The third-order valence-corrected chi connectivity index (χ3v) is 3.57. The lowest BCUT2D eigenvalue weighted by Gasteiger charge is -2.26. The van der Waals surface area contributed by atoms with Crippen LogP contribution in [-0.4, -0.2) is 48.3 Å². The van der Waals surface area contributed by atoms with Gasteiger partial charge < -0.3 is 20.1 Å². The Morgan fingerprint density at radius 3 is 2.70 bits per heavy atom. The van der Waals surface area contributed by atoms with Crippen LogP contribution in [0.3, 0.4) is 0 Å². The van der Waals surface area contributed by atoms with Gasteiger partial charge in [0.1, 0.15) is 5.92 Å². The van der Waals surface area contributed by atoms with Gasteiger partial charge in [0.05, 0.1) is 19.3 Å². The van der Waals surface area contributed by atoms with E-state index in [2.05, 4.69) is 5.32 Å². The number of nitrogens with zero attached hydrogens (tertiary/aromatic N) is 1. The molecule has 2 unspecified atom stereocenters. The molecule has 1 aromatic carbocycles. The summed E-state index contributed by atoms with van der Waals surface area (Å²) in [6, 6.07) is 6.65. The second kappa shape index (κ2) is 5.92. The number of amides is 2. The molecule has 2 N–H and O–H groups in total. The summed E-state index contributed by atoms with van der Waals surface area (Å²) >= 11 is 0. The molecular weight excluding hydrogens is 260 g/mol. The summed E-state index contributed by atoms with van der Waals surface area (Å²) < 4.78 is 5.17. The monoisotopic (exact) mass is 278 g/mol. The van der Waals surface area contributed by atoms with Crippen LogP contribution in [0.2, 0.25) is 0 Å². The zero-order valence-corrected chi connectivity index (χ0v) is 11.5. The fraction of sp³-hybridized carbons (Fsp3) is 0.429. The first kappa shape index (κ1) is 14.3. The fourth-order valence-corrected chi connectivity index (χ4v) is 2.23. The number of aliphatic carboxylic acids is 1. The summed E-state index contributed by atoms with van der Waals surface area (Å²) in [4.78, 5) is 24.7. The van der Waals surface area contributed by atoms with E-state index in [4.69, 9.17) is 9.84 Å². The molecule has 0 spiro atoms. The molecule has 0 aromatic heterocycles. The number of benzene rings is 1. The van der Waals surface area contributed by atoms with Gasteiger partial charge in [-0.2, -0.15) is 0 Å². The number of aryl methyl sites for hydroxylation is 1. The van der Waals surface area contributed by atoms with Gasteiger partial charge in [0.25, 0.3) is 0 Å². The molecule has 1 aliphatic heterocycles. The maximum atomic E-state index is 12.2. The quantitative estimate of drug-likeness (QED) is 0.879. The number of rotatable bonds is 3. The molecule has 0 radical (unpaired) electrons. The Morgan fingerprint density at radius 2 is 2.05 bits per heavy atom. The smallest absolute Gasteiger partial charge is 0.321 e. The normalized spacial score (nSPS) is 21.5. The number of hydrogen-bond acceptors (Lipinski definition) is 3. The molecule has 1 fully saturated rings. The van der Waals surface area contributed by atoms with Gasteiger partial charge in [-0.1, -0.05) is 18.2 Å². The third kappa shape index (κ3) is 2.91. The Bertz CT molecular complexity index is 518. The number of anilines is 1. The predicted octanol–water partition coefficient (Wildman–Crippen LogP) is 1.56. The Hall–Kier alpha value is -2.08. The minimum Gasteiger partial charge on any atom is -0.481 e. The first-order chi connectivity index (χ1) is 9.50. The fourth-order valence-electron chi connectivity index (χ4n) is 2.23. The highest BCUT2D eigenvalue weighted by Gasteiger charge is 2.38. The van der Waals surface area contributed by atoms with Crippen molar-refractivity contribution >= 4 is 17.7 Å². The van der Waals surface area contributed by atoms with Gasteiger partial charge in [-0.05, 0) is 18.6 Å². The number of carboxylic acids is 1. The maximum Gasteiger partial charge on any atom is 0.321 e. The minimum absolute atomic E-state index is 0.141. The highest BCUT2D eigenvalue weighted by atomic mass is 16.5. The van der Waals surface area contributed by atoms with Crippen molar-refractivity contribution < 1.29 is 19.4 Å². The molecule has 2 amide bonds. The summed E-state index contributed by atoms with van der Waals surface area (Å²) in [5.74, 6) is -1.62. The number of nitrogens with one attached hydrogen (secondary N) is 1. The number of ether oxygens (including phenoxy) is 1. The van der Waals surface area contributed by atoms with E-state index in [0.29, 0.717) is 0 Å². The van der Waals surface area contributed by atoms with E-state index in [1.807, 2.05) is 25.1 Å². The van der Waals surface area contributed by atoms with Crippen LogP contribution in [0.5, 0.6) is 0 Å². The largest absolute Gasteiger partial charge is 0.481 e. The number of hydrogen-bond donors (Lipinski definition) is 2. The van der Waals surface area contributed by atoms with Gasteiger partial charge in [0.2, 0.25) is 0 Å². The van der Waals surface area contributed by atoms with E-state index in [1.165, 1.54) is 4.90 Å². The molecule has 20 heavy (non-hydrogen) atoms. The van der Waals surface area contributed by atoms with E-state index >= 15 is 0 Å². The molecule has 6 heteroatoms. The number of carbonyl (C=O) groups excluding carboxylic acids is 1. The van der Waals surface area contributed by atoms with Gasteiger partial charge in [0, 0.05) is 12.7 Å². The zero-order valence-electron chi connectivity index (χ0n) is 11.5. The Labute approximate surface area is 117 Å². The van der Waals surface area contributed by atoms with Crippen molar-refractivity contribution in [1.82, 2.24) is 4.90 Å². The van der Waals surface area contributed by atoms with Crippen LogP contribution in [0.1, 0.15) is 5.56 Å². The van der Waals surface area contributed by atoms with Crippen LogP contribution in [0.4, 0.5) is 10.5 Å². The molecule has 2 rings (SSSR count). The van der Waals surface area contributed by atoms with Gasteiger partial charge in [-0.15, -0.1) is 0 Å². The lowest BCUT2D eigenvalue weighted by Crippen LogP contribution is -2.46. The lowest BCUT2D eigenvalue weighted by atomic mass is 10.0. The second-order valence-corrected chi connectivity index (χ2v) is 4.91. The molecule has 1 aliphatic rings. The molecule has 1 heterocycles. The SMILES string of the molecule is Cc1ccccc1NC(=O)N(C)C1COCC1C(=O)O. The summed E-state index contributed by atoms with van der Waals surface area (Å²) in [5, 5.41) is 11.9. The van der Waals surface area contributed by atoms with Gasteiger partial charge in [-0.3, -0.25) is 4.79 Å².